The molecule has 0 atom stereocenters. The van der Waals surface area contributed by atoms with Gasteiger partial charge in [0.15, 0.2) is 0 Å². The Morgan fingerprint density at radius 2 is 1.87 bits per heavy atom. The number of anilines is 1. The van der Waals surface area contributed by atoms with Crippen LogP contribution in [-0.2, 0) is 11.3 Å². The second-order valence-corrected chi connectivity index (χ2v) is 8.22. The lowest BCUT2D eigenvalue weighted by molar-refractivity contribution is -0.127. The van der Waals surface area contributed by atoms with Gasteiger partial charge in [-0.15, -0.1) is 0 Å². The van der Waals surface area contributed by atoms with Gasteiger partial charge in [0.1, 0.15) is 11.6 Å². The highest BCUT2D eigenvalue weighted by atomic mass is 16.5. The number of hydrogen-bond acceptors (Lipinski definition) is 5. The number of benzene rings is 1. The smallest absolute Gasteiger partial charge is 0.223 e. The fourth-order valence-electron chi connectivity index (χ4n) is 3.91. The molecule has 6 heteroatoms. The number of piperazine rings is 1. The Hall–Kier alpha value is -2.60. The molecule has 1 aliphatic carbocycles. The first kappa shape index (κ1) is 20.7. The number of ether oxygens (including phenoxy) is 1. The van der Waals surface area contributed by atoms with E-state index in [1.54, 1.807) is 0 Å². The van der Waals surface area contributed by atoms with E-state index in [4.69, 9.17) is 4.74 Å². The highest BCUT2D eigenvalue weighted by molar-refractivity contribution is 5.79. The molecule has 1 aromatic heterocycles. The summed E-state index contributed by atoms with van der Waals surface area (Å²) in [5.41, 5.74) is 1.31. The quantitative estimate of drug-likeness (QED) is 0.646. The molecule has 0 unspecified atom stereocenters. The average molecular weight is 409 g/mol. The van der Waals surface area contributed by atoms with Crippen LogP contribution < -0.4 is 15.0 Å². The number of rotatable bonds is 9. The SMILES string of the molecule is O=C(NCCCOc1ccc(CN2CCN(c3ccccn3)CC2)cc1)C1CCC1. The maximum absolute atomic E-state index is 11.8. The summed E-state index contributed by atoms with van der Waals surface area (Å²) in [5, 5.41) is 3.01. The number of nitrogens with zero attached hydrogens (tertiary/aromatic N) is 3. The molecule has 1 saturated heterocycles. The molecular weight excluding hydrogens is 376 g/mol. The van der Waals surface area contributed by atoms with E-state index < -0.39 is 0 Å². The highest BCUT2D eigenvalue weighted by Gasteiger charge is 2.24. The van der Waals surface area contributed by atoms with Crippen molar-refractivity contribution in [2.45, 2.75) is 32.2 Å². The van der Waals surface area contributed by atoms with Crippen molar-refractivity contribution in [3.05, 3.63) is 54.2 Å². The van der Waals surface area contributed by atoms with Gasteiger partial charge in [0.05, 0.1) is 6.61 Å². The van der Waals surface area contributed by atoms with E-state index in [9.17, 15) is 4.79 Å². The Kier molecular flexibility index (Phi) is 7.19. The van der Waals surface area contributed by atoms with Gasteiger partial charge in [0.25, 0.3) is 0 Å². The van der Waals surface area contributed by atoms with Crippen LogP contribution in [0.2, 0.25) is 0 Å². The number of carbonyl (C=O) groups excluding carboxylic acids is 1. The zero-order valence-corrected chi connectivity index (χ0v) is 17.6. The van der Waals surface area contributed by atoms with E-state index in [2.05, 4.69) is 38.3 Å². The Bertz CT molecular complexity index is 785. The molecule has 30 heavy (non-hydrogen) atoms. The topological polar surface area (TPSA) is 57.7 Å². The molecule has 0 bridgehead atoms. The molecule has 0 spiro atoms. The van der Waals surface area contributed by atoms with E-state index in [0.29, 0.717) is 13.2 Å². The van der Waals surface area contributed by atoms with Crippen LogP contribution in [0.25, 0.3) is 0 Å². The zero-order chi connectivity index (χ0) is 20.6. The zero-order valence-electron chi connectivity index (χ0n) is 17.6. The summed E-state index contributed by atoms with van der Waals surface area (Å²) < 4.78 is 5.82. The van der Waals surface area contributed by atoms with Crippen LogP contribution in [0.3, 0.4) is 0 Å². The fraction of sp³-hybridized carbons (Fsp3) is 0.500. The minimum atomic E-state index is 0.214. The Morgan fingerprint density at radius 1 is 1.07 bits per heavy atom. The van der Waals surface area contributed by atoms with Crippen LogP contribution >= 0.6 is 0 Å². The molecule has 2 fully saturated rings. The summed E-state index contributed by atoms with van der Waals surface area (Å²) >= 11 is 0. The van der Waals surface area contributed by atoms with E-state index in [1.165, 1.54) is 12.0 Å². The van der Waals surface area contributed by atoms with Crippen molar-refractivity contribution in [1.29, 1.82) is 0 Å². The minimum absolute atomic E-state index is 0.214. The summed E-state index contributed by atoms with van der Waals surface area (Å²) in [6.45, 7) is 6.38. The monoisotopic (exact) mass is 408 g/mol. The van der Waals surface area contributed by atoms with Gasteiger partial charge in [0.2, 0.25) is 5.91 Å². The number of carbonyl (C=O) groups is 1. The third kappa shape index (κ3) is 5.72. The van der Waals surface area contributed by atoms with Crippen LogP contribution in [0, 0.1) is 5.92 Å². The van der Waals surface area contributed by atoms with Crippen LogP contribution in [0.15, 0.2) is 48.7 Å². The Balaban J connectivity index is 1.12. The van der Waals surface area contributed by atoms with Crippen LogP contribution in [0.5, 0.6) is 5.75 Å². The van der Waals surface area contributed by atoms with E-state index >= 15 is 0 Å². The first-order valence-corrected chi connectivity index (χ1v) is 11.2. The Labute approximate surface area is 179 Å². The van der Waals surface area contributed by atoms with Gasteiger partial charge in [-0.1, -0.05) is 24.6 Å². The minimum Gasteiger partial charge on any atom is -0.494 e. The average Bonchev–Trinajstić information content (AvgIpc) is 2.75. The van der Waals surface area contributed by atoms with Crippen molar-refractivity contribution in [2.24, 2.45) is 5.92 Å². The molecule has 1 aliphatic heterocycles. The van der Waals surface area contributed by atoms with Crippen LogP contribution in [-0.4, -0.2) is 55.1 Å². The summed E-state index contributed by atoms with van der Waals surface area (Å²) in [6, 6.07) is 14.5. The molecule has 2 aliphatic rings. The molecule has 1 aromatic carbocycles. The van der Waals surface area contributed by atoms with Crippen molar-refractivity contribution >= 4 is 11.7 Å². The van der Waals surface area contributed by atoms with Gasteiger partial charge in [-0.3, -0.25) is 9.69 Å². The summed E-state index contributed by atoms with van der Waals surface area (Å²) in [7, 11) is 0. The predicted octanol–water partition coefficient (Wildman–Crippen LogP) is 3.09. The van der Waals surface area contributed by atoms with Crippen molar-refractivity contribution in [2.75, 3.05) is 44.2 Å². The van der Waals surface area contributed by atoms with Crippen LogP contribution in [0.1, 0.15) is 31.2 Å². The third-order valence-corrected chi connectivity index (χ3v) is 6.04. The van der Waals surface area contributed by atoms with Crippen molar-refractivity contribution < 1.29 is 9.53 Å². The van der Waals surface area contributed by atoms with Gasteiger partial charge >= 0.3 is 0 Å². The second kappa shape index (κ2) is 10.4. The number of amides is 1. The molecule has 160 valence electrons. The van der Waals surface area contributed by atoms with Crippen molar-refractivity contribution in [3.8, 4) is 5.75 Å². The van der Waals surface area contributed by atoms with Gasteiger partial charge < -0.3 is 15.0 Å². The molecule has 2 heterocycles. The molecule has 0 radical (unpaired) electrons. The van der Waals surface area contributed by atoms with Gasteiger partial charge in [-0.2, -0.15) is 0 Å². The molecule has 6 nitrogen and oxygen atoms in total. The molecule has 1 saturated carbocycles. The predicted molar refractivity (Wildman–Crippen MR) is 119 cm³/mol. The maximum atomic E-state index is 11.8. The first-order chi connectivity index (χ1) is 14.8. The normalized spacial score (nSPS) is 17.4. The lowest BCUT2D eigenvalue weighted by Gasteiger charge is -2.35. The van der Waals surface area contributed by atoms with Gasteiger partial charge in [0, 0.05) is 51.4 Å². The van der Waals surface area contributed by atoms with E-state index in [0.717, 1.165) is 63.6 Å². The molecule has 4 rings (SSSR count). The number of nitrogens with one attached hydrogen (secondary N) is 1. The lowest BCUT2D eigenvalue weighted by Crippen LogP contribution is -2.46. The van der Waals surface area contributed by atoms with Gasteiger partial charge in [-0.05, 0) is 49.1 Å². The Morgan fingerprint density at radius 3 is 2.53 bits per heavy atom. The van der Waals surface area contributed by atoms with E-state index in [-0.39, 0.29) is 11.8 Å². The summed E-state index contributed by atoms with van der Waals surface area (Å²) in [4.78, 5) is 21.1. The standard InChI is InChI=1S/C24H32N4O2/c29-24(21-5-3-6-21)26-13-4-18-30-22-10-8-20(9-11-22)19-27-14-16-28(17-15-27)23-7-1-2-12-25-23/h1-2,7-12,21H,3-6,13-19H2,(H,26,29). The maximum Gasteiger partial charge on any atom is 0.223 e. The summed E-state index contributed by atoms with van der Waals surface area (Å²) in [5.74, 6) is 2.44. The van der Waals surface area contributed by atoms with Crippen LogP contribution in [0.4, 0.5) is 5.82 Å². The van der Waals surface area contributed by atoms with Crippen molar-refractivity contribution in [1.82, 2.24) is 15.2 Å². The molecular formula is C24H32N4O2. The molecule has 2 aromatic rings. The van der Waals surface area contributed by atoms with Crippen molar-refractivity contribution in [3.63, 3.8) is 0 Å². The second-order valence-electron chi connectivity index (χ2n) is 8.22. The fourth-order valence-corrected chi connectivity index (χ4v) is 3.91. The number of pyridine rings is 1. The molecule has 1 N–H and O–H groups in total. The number of hydrogen-bond donors (Lipinski definition) is 1. The summed E-state index contributed by atoms with van der Waals surface area (Å²) in [6.07, 6.45) is 5.99. The number of aromatic nitrogens is 1. The largest absolute Gasteiger partial charge is 0.494 e. The highest BCUT2D eigenvalue weighted by Crippen LogP contribution is 2.26. The third-order valence-electron chi connectivity index (χ3n) is 6.04. The lowest BCUT2D eigenvalue weighted by atomic mass is 9.85. The molecule has 1 amide bonds. The first-order valence-electron chi connectivity index (χ1n) is 11.2. The van der Waals surface area contributed by atoms with E-state index in [1.807, 2.05) is 30.5 Å². The van der Waals surface area contributed by atoms with Gasteiger partial charge in [-0.25, -0.2) is 4.98 Å².